The number of aliphatic hydroxyl groups is 1. The van der Waals surface area contributed by atoms with Crippen LogP contribution < -0.4 is 0 Å². The van der Waals surface area contributed by atoms with Crippen molar-refractivity contribution in [1.29, 1.82) is 0 Å². The van der Waals surface area contributed by atoms with Crippen molar-refractivity contribution in [3.8, 4) is 0 Å². The van der Waals surface area contributed by atoms with E-state index < -0.39 is 40.5 Å². The molecule has 0 unspecified atom stereocenters. The number of hydrogen-bond donors (Lipinski definition) is 1. The number of esters is 2. The van der Waals surface area contributed by atoms with Gasteiger partial charge in [-0.2, -0.15) is 0 Å². The zero-order chi connectivity index (χ0) is 13.2. The first-order valence-corrected chi connectivity index (χ1v) is 6.39. The molecule has 1 fully saturated rings. The lowest BCUT2D eigenvalue weighted by molar-refractivity contribution is -0.234. The maximum atomic E-state index is 11.0. The number of rotatable bonds is 2. The van der Waals surface area contributed by atoms with E-state index in [1.165, 1.54) is 13.8 Å². The maximum Gasteiger partial charge on any atom is 0.303 e. The lowest BCUT2D eigenvalue weighted by atomic mass is 10.0. The summed E-state index contributed by atoms with van der Waals surface area (Å²) in [6, 6.07) is 0. The summed E-state index contributed by atoms with van der Waals surface area (Å²) in [5.41, 5.74) is 0. The Morgan fingerprint density at radius 3 is 2.12 bits per heavy atom. The zero-order valence-electron chi connectivity index (χ0n) is 9.75. The van der Waals surface area contributed by atoms with Gasteiger partial charge in [-0.05, 0) is 6.92 Å². The molecule has 0 spiro atoms. The van der Waals surface area contributed by atoms with E-state index in [9.17, 15) is 14.7 Å². The highest BCUT2D eigenvalue weighted by Gasteiger charge is 2.46. The Morgan fingerprint density at radius 1 is 1.18 bits per heavy atom. The van der Waals surface area contributed by atoms with Crippen molar-refractivity contribution in [1.82, 2.24) is 0 Å². The number of halogens is 1. The summed E-state index contributed by atoms with van der Waals surface area (Å²) in [6.45, 7) is 4.18. The summed E-state index contributed by atoms with van der Waals surface area (Å²) in [7, 11) is 0. The minimum Gasteiger partial charge on any atom is -0.457 e. The van der Waals surface area contributed by atoms with Crippen molar-refractivity contribution in [2.75, 3.05) is 0 Å². The first-order chi connectivity index (χ1) is 7.82. The normalized spacial score (nSPS) is 37.4. The number of carbonyl (C=O) groups is 2. The SMILES string of the molecule is CC(=O)O[C@@H]1[C@@H](I)[C@H](O)O[C@H](C)[C@H]1OC(C)=O. The minimum absolute atomic E-state index is 0.484. The van der Waals surface area contributed by atoms with Gasteiger partial charge in [0.2, 0.25) is 0 Å². The van der Waals surface area contributed by atoms with Crippen LogP contribution >= 0.6 is 22.6 Å². The van der Waals surface area contributed by atoms with Crippen LogP contribution in [0, 0.1) is 0 Å². The van der Waals surface area contributed by atoms with Gasteiger partial charge in [-0.15, -0.1) is 0 Å². The Balaban J connectivity index is 2.86. The molecule has 5 atom stereocenters. The Kier molecular flexibility index (Phi) is 5.14. The molecule has 0 aromatic heterocycles. The molecule has 1 rings (SSSR count). The molecule has 0 saturated carbocycles. The standard InChI is InChI=1S/C10H15IO6/c1-4-8(16-5(2)12)9(17-6(3)13)7(11)10(14)15-4/h4,7-10,14H,1-3H3/t4-,7-,8-,9-,10-/m1/s1. The Hall–Kier alpha value is -0.410. The average Bonchev–Trinajstić information content (AvgIpc) is 2.19. The van der Waals surface area contributed by atoms with Gasteiger partial charge in [-0.1, -0.05) is 22.6 Å². The quantitative estimate of drug-likeness (QED) is 0.437. The van der Waals surface area contributed by atoms with E-state index in [1.807, 2.05) is 22.6 Å². The van der Waals surface area contributed by atoms with Gasteiger partial charge in [0.05, 0.1) is 6.10 Å². The van der Waals surface area contributed by atoms with E-state index in [1.54, 1.807) is 6.92 Å². The molecule has 6 nitrogen and oxygen atoms in total. The van der Waals surface area contributed by atoms with E-state index in [0.717, 1.165) is 0 Å². The molecule has 0 bridgehead atoms. The van der Waals surface area contributed by atoms with Crippen LogP contribution in [-0.4, -0.2) is 45.6 Å². The first-order valence-electron chi connectivity index (χ1n) is 5.15. The second kappa shape index (κ2) is 5.96. The second-order valence-corrected chi connectivity index (χ2v) is 5.26. The summed E-state index contributed by atoms with van der Waals surface area (Å²) in [5, 5.41) is 9.62. The van der Waals surface area contributed by atoms with Gasteiger partial charge >= 0.3 is 11.9 Å². The minimum atomic E-state index is -1.05. The number of hydrogen-bond acceptors (Lipinski definition) is 6. The molecule has 17 heavy (non-hydrogen) atoms. The van der Waals surface area contributed by atoms with Crippen LogP contribution in [-0.2, 0) is 23.8 Å². The highest BCUT2D eigenvalue weighted by atomic mass is 127. The third-order valence-corrected chi connectivity index (χ3v) is 3.65. The summed E-state index contributed by atoms with van der Waals surface area (Å²) in [4.78, 5) is 22.0. The lowest BCUT2D eigenvalue weighted by Gasteiger charge is -2.40. The van der Waals surface area contributed by atoms with E-state index in [0.29, 0.717) is 0 Å². The van der Waals surface area contributed by atoms with Gasteiger partial charge in [0.1, 0.15) is 3.92 Å². The summed E-state index contributed by atoms with van der Waals surface area (Å²) in [6.07, 6.45) is -3.01. The Labute approximate surface area is 113 Å². The number of alkyl halides is 1. The predicted octanol–water partition coefficient (Wildman–Crippen LogP) is 0.390. The number of carbonyl (C=O) groups excluding carboxylic acids is 2. The van der Waals surface area contributed by atoms with Crippen LogP contribution in [0.2, 0.25) is 0 Å². The van der Waals surface area contributed by atoms with Crippen molar-refractivity contribution in [2.24, 2.45) is 0 Å². The van der Waals surface area contributed by atoms with Crippen LogP contribution in [0.5, 0.6) is 0 Å². The van der Waals surface area contributed by atoms with Crippen LogP contribution in [0.25, 0.3) is 0 Å². The largest absolute Gasteiger partial charge is 0.457 e. The average molecular weight is 358 g/mol. The van der Waals surface area contributed by atoms with Crippen molar-refractivity contribution in [3.63, 3.8) is 0 Å². The van der Waals surface area contributed by atoms with E-state index in [2.05, 4.69) is 0 Å². The molecule has 1 saturated heterocycles. The van der Waals surface area contributed by atoms with Crippen LogP contribution in [0.15, 0.2) is 0 Å². The maximum absolute atomic E-state index is 11.0. The smallest absolute Gasteiger partial charge is 0.303 e. The Bertz CT molecular complexity index is 307. The summed E-state index contributed by atoms with van der Waals surface area (Å²) in [5.74, 6) is -0.974. The molecule has 0 amide bonds. The van der Waals surface area contributed by atoms with Crippen molar-refractivity contribution in [3.05, 3.63) is 0 Å². The fourth-order valence-corrected chi connectivity index (χ4v) is 2.39. The molecule has 0 aromatic carbocycles. The van der Waals surface area contributed by atoms with Crippen LogP contribution in [0.3, 0.4) is 0 Å². The molecule has 0 aliphatic carbocycles. The van der Waals surface area contributed by atoms with E-state index in [-0.39, 0.29) is 0 Å². The molecule has 1 aliphatic heterocycles. The van der Waals surface area contributed by atoms with E-state index >= 15 is 0 Å². The van der Waals surface area contributed by atoms with Crippen molar-refractivity contribution in [2.45, 2.75) is 49.3 Å². The molecule has 0 aromatic rings. The van der Waals surface area contributed by atoms with Crippen LogP contribution in [0.4, 0.5) is 0 Å². The lowest BCUT2D eigenvalue weighted by Crippen LogP contribution is -2.57. The van der Waals surface area contributed by atoms with Crippen molar-refractivity contribution < 1.29 is 28.9 Å². The van der Waals surface area contributed by atoms with Gasteiger partial charge < -0.3 is 19.3 Å². The van der Waals surface area contributed by atoms with E-state index in [4.69, 9.17) is 14.2 Å². The highest BCUT2D eigenvalue weighted by Crippen LogP contribution is 2.29. The topological polar surface area (TPSA) is 82.1 Å². The molecule has 0 radical (unpaired) electrons. The fraction of sp³-hybridized carbons (Fsp3) is 0.800. The zero-order valence-corrected chi connectivity index (χ0v) is 11.9. The van der Waals surface area contributed by atoms with Gasteiger partial charge in [-0.3, -0.25) is 9.59 Å². The molecule has 1 aliphatic rings. The number of aliphatic hydroxyl groups excluding tert-OH is 1. The summed E-state index contributed by atoms with van der Waals surface area (Å²) < 4.78 is 14.9. The molecule has 1 heterocycles. The molecule has 1 N–H and O–H groups in total. The second-order valence-electron chi connectivity index (χ2n) is 3.82. The molecular formula is C10H15IO6. The Morgan fingerprint density at radius 2 is 1.65 bits per heavy atom. The van der Waals surface area contributed by atoms with Gasteiger partial charge in [0, 0.05) is 13.8 Å². The molecule has 98 valence electrons. The first kappa shape index (κ1) is 14.7. The number of ether oxygens (including phenoxy) is 3. The van der Waals surface area contributed by atoms with Gasteiger partial charge in [-0.25, -0.2) is 0 Å². The fourth-order valence-electron chi connectivity index (χ4n) is 1.66. The predicted molar refractivity (Wildman–Crippen MR) is 65.5 cm³/mol. The molecule has 7 heteroatoms. The highest BCUT2D eigenvalue weighted by molar-refractivity contribution is 14.1. The van der Waals surface area contributed by atoms with Gasteiger partial charge in [0.25, 0.3) is 0 Å². The van der Waals surface area contributed by atoms with Crippen LogP contribution in [0.1, 0.15) is 20.8 Å². The van der Waals surface area contributed by atoms with Gasteiger partial charge in [0.15, 0.2) is 18.5 Å². The third kappa shape index (κ3) is 3.78. The molecular weight excluding hydrogens is 343 g/mol. The summed E-state index contributed by atoms with van der Waals surface area (Å²) >= 11 is 1.91. The third-order valence-electron chi connectivity index (χ3n) is 2.33. The van der Waals surface area contributed by atoms with Crippen molar-refractivity contribution >= 4 is 34.5 Å². The monoisotopic (exact) mass is 358 g/mol.